The Morgan fingerprint density at radius 2 is 1.83 bits per heavy atom. The van der Waals surface area contributed by atoms with Crippen LogP contribution in [-0.4, -0.2) is 22.4 Å². The summed E-state index contributed by atoms with van der Waals surface area (Å²) in [6.45, 7) is 0. The highest BCUT2D eigenvalue weighted by Gasteiger charge is 2.38. The zero-order valence-corrected chi connectivity index (χ0v) is 9.24. The predicted octanol–water partition coefficient (Wildman–Crippen LogP) is 1.37. The Kier molecular flexibility index (Phi) is 3.98. The lowest BCUT2D eigenvalue weighted by molar-refractivity contribution is -0.192. The first-order chi connectivity index (χ1) is 8.14. The Labute approximate surface area is 101 Å². The number of halogens is 3. The molecule has 4 nitrogen and oxygen atoms in total. The van der Waals surface area contributed by atoms with Crippen molar-refractivity contribution in [1.82, 2.24) is 0 Å². The minimum absolute atomic E-state index is 0.645. The number of carbonyl (C=O) groups is 1. The first kappa shape index (κ1) is 14.5. The fourth-order valence-corrected chi connectivity index (χ4v) is 1.62. The molecule has 0 spiro atoms. The van der Waals surface area contributed by atoms with E-state index in [1.165, 1.54) is 5.56 Å². The van der Waals surface area contributed by atoms with Gasteiger partial charge in [-0.15, -0.1) is 0 Å². The van der Waals surface area contributed by atoms with Gasteiger partial charge >= 0.3 is 12.1 Å². The number of carboxylic acid groups (broad SMARTS) is 1. The predicted molar refractivity (Wildman–Crippen MR) is 56.5 cm³/mol. The van der Waals surface area contributed by atoms with E-state index in [2.05, 4.69) is 0 Å². The molecule has 0 saturated carbocycles. The highest BCUT2D eigenvalue weighted by atomic mass is 19.4. The number of hydrogen-bond acceptors (Lipinski definition) is 3. The number of alkyl halides is 3. The molecule has 0 aromatic heterocycles. The molecule has 0 fully saturated rings. The average Bonchev–Trinajstić information content (AvgIpc) is 2.55. The van der Waals surface area contributed by atoms with Crippen LogP contribution in [0.5, 0.6) is 0 Å². The number of aliphatic hydroxyl groups is 1. The molecule has 1 aliphatic rings. The van der Waals surface area contributed by atoms with Crippen molar-refractivity contribution in [3.8, 4) is 0 Å². The molecule has 1 aromatic carbocycles. The van der Waals surface area contributed by atoms with Crippen molar-refractivity contribution in [1.29, 1.82) is 0 Å². The molecular formula is C11H12F3NO3. The largest absolute Gasteiger partial charge is 0.490 e. The molecule has 1 aromatic rings. The molecule has 0 heterocycles. The maximum Gasteiger partial charge on any atom is 0.490 e. The topological polar surface area (TPSA) is 83.5 Å². The molecule has 100 valence electrons. The van der Waals surface area contributed by atoms with E-state index in [-0.39, 0.29) is 0 Å². The summed E-state index contributed by atoms with van der Waals surface area (Å²) in [5, 5.41) is 16.7. The van der Waals surface area contributed by atoms with Gasteiger partial charge in [-0.25, -0.2) is 4.79 Å². The lowest BCUT2D eigenvalue weighted by Crippen LogP contribution is -2.33. The van der Waals surface area contributed by atoms with Crippen LogP contribution in [-0.2, 0) is 16.9 Å². The zero-order valence-electron chi connectivity index (χ0n) is 9.24. The normalized spacial score (nSPS) is 21.8. The van der Waals surface area contributed by atoms with Gasteiger partial charge in [-0.2, -0.15) is 13.2 Å². The van der Waals surface area contributed by atoms with Crippen LogP contribution in [0, 0.1) is 0 Å². The van der Waals surface area contributed by atoms with Gasteiger partial charge in [0.25, 0.3) is 0 Å². The maximum atomic E-state index is 10.6. The molecular weight excluding hydrogens is 251 g/mol. The maximum absolute atomic E-state index is 10.6. The van der Waals surface area contributed by atoms with Crippen molar-refractivity contribution in [3.63, 3.8) is 0 Å². The van der Waals surface area contributed by atoms with E-state index in [1.807, 2.05) is 24.3 Å². The van der Waals surface area contributed by atoms with Gasteiger partial charge in [-0.3, -0.25) is 5.73 Å². The first-order valence-electron chi connectivity index (χ1n) is 5.04. The Balaban J connectivity index is 0.000000203. The van der Waals surface area contributed by atoms with E-state index >= 15 is 0 Å². The van der Waals surface area contributed by atoms with Crippen LogP contribution in [0.15, 0.2) is 24.3 Å². The van der Waals surface area contributed by atoms with Gasteiger partial charge in [0, 0.05) is 5.56 Å². The summed E-state index contributed by atoms with van der Waals surface area (Å²) in [5.41, 5.74) is 6.64. The van der Waals surface area contributed by atoms with Crippen LogP contribution in [0.2, 0.25) is 0 Å². The Hall–Kier alpha value is -1.60. The molecule has 7 heteroatoms. The van der Waals surface area contributed by atoms with Gasteiger partial charge in [-0.1, -0.05) is 24.3 Å². The van der Waals surface area contributed by atoms with E-state index in [1.54, 1.807) is 0 Å². The molecule has 1 aliphatic carbocycles. The van der Waals surface area contributed by atoms with E-state index in [0.29, 0.717) is 6.42 Å². The van der Waals surface area contributed by atoms with Crippen molar-refractivity contribution in [2.24, 2.45) is 5.73 Å². The smallest absolute Gasteiger partial charge is 0.475 e. The number of carboxylic acids is 1. The van der Waals surface area contributed by atoms with E-state index in [9.17, 15) is 18.3 Å². The number of benzene rings is 1. The molecule has 18 heavy (non-hydrogen) atoms. The quantitative estimate of drug-likeness (QED) is 0.617. The third-order valence-electron chi connectivity index (χ3n) is 2.50. The van der Waals surface area contributed by atoms with Gasteiger partial charge in [0.15, 0.2) is 0 Å². The van der Waals surface area contributed by atoms with E-state index in [4.69, 9.17) is 15.6 Å². The van der Waals surface area contributed by atoms with Crippen molar-refractivity contribution in [2.45, 2.75) is 24.7 Å². The fraction of sp³-hybridized carbons (Fsp3) is 0.364. The lowest BCUT2D eigenvalue weighted by Gasteiger charge is -2.16. The van der Waals surface area contributed by atoms with E-state index < -0.39 is 17.9 Å². The molecule has 1 unspecified atom stereocenters. The second-order valence-electron chi connectivity index (χ2n) is 3.88. The molecule has 2 rings (SSSR count). The standard InChI is InChI=1S/C9H11NO.C2HF3O2/c10-9(11)6-5-7-3-1-2-4-8(7)9;3-2(4,5)1(6)7/h1-4,11H,5-6,10H2;(H,6,7). The Morgan fingerprint density at radius 3 is 2.28 bits per heavy atom. The van der Waals surface area contributed by atoms with Crippen molar-refractivity contribution in [3.05, 3.63) is 35.4 Å². The summed E-state index contributed by atoms with van der Waals surface area (Å²) in [6.07, 6.45) is -3.55. The summed E-state index contributed by atoms with van der Waals surface area (Å²) in [4.78, 5) is 8.90. The molecule has 0 radical (unpaired) electrons. The number of hydrogen-bond donors (Lipinski definition) is 3. The molecule has 0 saturated heterocycles. The number of nitrogens with two attached hydrogens (primary N) is 1. The summed E-state index contributed by atoms with van der Waals surface area (Å²) in [7, 11) is 0. The summed E-state index contributed by atoms with van der Waals surface area (Å²) in [5.74, 6) is -2.76. The van der Waals surface area contributed by atoms with Crippen LogP contribution in [0.1, 0.15) is 17.5 Å². The first-order valence-corrected chi connectivity index (χ1v) is 5.04. The highest BCUT2D eigenvalue weighted by molar-refractivity contribution is 5.73. The van der Waals surface area contributed by atoms with Gasteiger partial charge in [0.2, 0.25) is 0 Å². The van der Waals surface area contributed by atoms with Crippen LogP contribution < -0.4 is 5.73 Å². The van der Waals surface area contributed by atoms with Crippen LogP contribution >= 0.6 is 0 Å². The number of rotatable bonds is 0. The number of aryl methyl sites for hydroxylation is 1. The monoisotopic (exact) mass is 263 g/mol. The summed E-state index contributed by atoms with van der Waals surface area (Å²) in [6, 6.07) is 7.78. The van der Waals surface area contributed by atoms with E-state index in [0.717, 1.165) is 12.0 Å². The third-order valence-corrected chi connectivity index (χ3v) is 2.50. The van der Waals surface area contributed by atoms with Crippen LogP contribution in [0.4, 0.5) is 13.2 Å². The summed E-state index contributed by atoms with van der Waals surface area (Å²) < 4.78 is 31.7. The Morgan fingerprint density at radius 1 is 1.33 bits per heavy atom. The lowest BCUT2D eigenvalue weighted by atomic mass is 10.1. The molecule has 1 atom stereocenters. The average molecular weight is 263 g/mol. The minimum atomic E-state index is -5.08. The van der Waals surface area contributed by atoms with Crippen molar-refractivity contribution < 1.29 is 28.2 Å². The van der Waals surface area contributed by atoms with Crippen LogP contribution in [0.25, 0.3) is 0 Å². The van der Waals surface area contributed by atoms with Crippen molar-refractivity contribution >= 4 is 5.97 Å². The second-order valence-corrected chi connectivity index (χ2v) is 3.88. The Bertz CT molecular complexity index is 443. The minimum Gasteiger partial charge on any atom is -0.475 e. The highest BCUT2D eigenvalue weighted by Crippen LogP contribution is 2.31. The number of aliphatic carboxylic acids is 1. The molecule has 4 N–H and O–H groups in total. The molecule has 0 amide bonds. The second kappa shape index (κ2) is 4.95. The SMILES string of the molecule is NC1(O)CCc2ccccc21.O=C(O)C(F)(F)F. The fourth-order valence-electron chi connectivity index (χ4n) is 1.62. The van der Waals surface area contributed by atoms with Gasteiger partial charge < -0.3 is 10.2 Å². The molecule has 0 aliphatic heterocycles. The summed E-state index contributed by atoms with van der Waals surface area (Å²) >= 11 is 0. The number of fused-ring (bicyclic) bond motifs is 1. The molecule has 0 bridgehead atoms. The van der Waals surface area contributed by atoms with Gasteiger partial charge in [0.05, 0.1) is 0 Å². The van der Waals surface area contributed by atoms with Crippen LogP contribution in [0.3, 0.4) is 0 Å². The van der Waals surface area contributed by atoms with Gasteiger partial charge in [0.1, 0.15) is 5.72 Å². The zero-order chi connectivity index (χ0) is 14.0. The third kappa shape index (κ3) is 3.44. The van der Waals surface area contributed by atoms with Crippen molar-refractivity contribution in [2.75, 3.05) is 0 Å². The van der Waals surface area contributed by atoms with Gasteiger partial charge in [-0.05, 0) is 18.4 Å².